The average Bonchev–Trinajstić information content (AvgIpc) is 2.64. The summed E-state index contributed by atoms with van der Waals surface area (Å²) in [6.45, 7) is 2.24. The van der Waals surface area contributed by atoms with Crippen molar-refractivity contribution >= 4 is 71.4 Å². The van der Waals surface area contributed by atoms with Crippen molar-refractivity contribution < 1.29 is 4.79 Å². The minimum absolute atomic E-state index is 0.00725. The SMILES string of the molecule is CCCCCCCSc1ccc(C(=O)C=Cc2c(Br)cc(Br)cc2Br)cc1. The second-order valence-electron chi connectivity index (χ2n) is 6.27. The highest BCUT2D eigenvalue weighted by atomic mass is 79.9. The molecule has 0 fully saturated rings. The summed E-state index contributed by atoms with van der Waals surface area (Å²) < 4.78 is 2.83. The number of halogens is 3. The molecule has 0 saturated carbocycles. The van der Waals surface area contributed by atoms with E-state index < -0.39 is 0 Å². The molecular formula is C22H23Br3OS. The molecule has 0 aromatic heterocycles. The predicted octanol–water partition coefficient (Wildman–Crippen LogP) is 8.93. The van der Waals surface area contributed by atoms with E-state index in [0.717, 1.165) is 24.7 Å². The van der Waals surface area contributed by atoms with E-state index in [2.05, 4.69) is 54.7 Å². The summed E-state index contributed by atoms with van der Waals surface area (Å²) in [7, 11) is 0. The number of thioether (sulfide) groups is 1. The van der Waals surface area contributed by atoms with Crippen LogP contribution in [0.1, 0.15) is 54.9 Å². The number of carbonyl (C=O) groups excluding carboxylic acids is 1. The fraction of sp³-hybridized carbons (Fsp3) is 0.318. The zero-order valence-corrected chi connectivity index (χ0v) is 20.9. The van der Waals surface area contributed by atoms with Crippen LogP contribution >= 0.6 is 59.6 Å². The highest BCUT2D eigenvalue weighted by Crippen LogP contribution is 2.31. The van der Waals surface area contributed by atoms with Gasteiger partial charge in [0, 0.05) is 29.4 Å². The molecule has 0 amide bonds. The van der Waals surface area contributed by atoms with Crippen molar-refractivity contribution in [2.45, 2.75) is 43.9 Å². The Balaban J connectivity index is 1.90. The van der Waals surface area contributed by atoms with Crippen LogP contribution in [0.5, 0.6) is 0 Å². The molecule has 0 aliphatic carbocycles. The average molecular weight is 575 g/mol. The Morgan fingerprint density at radius 2 is 1.59 bits per heavy atom. The normalized spacial score (nSPS) is 11.3. The Morgan fingerprint density at radius 3 is 2.22 bits per heavy atom. The maximum absolute atomic E-state index is 12.4. The van der Waals surface area contributed by atoms with Crippen LogP contribution in [0.2, 0.25) is 0 Å². The lowest BCUT2D eigenvalue weighted by molar-refractivity contribution is 0.104. The van der Waals surface area contributed by atoms with Gasteiger partial charge in [-0.05, 0) is 60.7 Å². The van der Waals surface area contributed by atoms with Crippen LogP contribution in [0, 0.1) is 0 Å². The van der Waals surface area contributed by atoms with E-state index in [1.54, 1.807) is 6.08 Å². The Kier molecular flexibility index (Phi) is 10.4. The highest BCUT2D eigenvalue weighted by molar-refractivity contribution is 9.11. The quantitative estimate of drug-likeness (QED) is 0.122. The topological polar surface area (TPSA) is 17.1 Å². The summed E-state index contributed by atoms with van der Waals surface area (Å²) in [6.07, 6.45) is 9.97. The molecule has 2 rings (SSSR count). The lowest BCUT2D eigenvalue weighted by atomic mass is 10.1. The van der Waals surface area contributed by atoms with Crippen molar-refractivity contribution in [2.24, 2.45) is 0 Å². The fourth-order valence-corrected chi connectivity index (χ4v) is 6.01. The van der Waals surface area contributed by atoms with Gasteiger partial charge < -0.3 is 0 Å². The van der Waals surface area contributed by atoms with Gasteiger partial charge in [-0.3, -0.25) is 4.79 Å². The first-order chi connectivity index (χ1) is 13.0. The standard InChI is InChI=1S/C22H23Br3OS/c1-2-3-4-5-6-13-27-18-9-7-16(8-10-18)22(26)12-11-19-20(24)14-17(23)15-21(19)25/h7-12,14-15H,2-6,13H2,1H3. The summed E-state index contributed by atoms with van der Waals surface area (Å²) in [5, 5.41) is 0. The molecule has 2 aromatic rings. The maximum atomic E-state index is 12.4. The van der Waals surface area contributed by atoms with Gasteiger partial charge in [0.25, 0.3) is 0 Å². The number of carbonyl (C=O) groups is 1. The first-order valence-electron chi connectivity index (χ1n) is 9.11. The summed E-state index contributed by atoms with van der Waals surface area (Å²) in [5.41, 5.74) is 1.66. The van der Waals surface area contributed by atoms with E-state index in [1.165, 1.54) is 37.0 Å². The van der Waals surface area contributed by atoms with Gasteiger partial charge in [-0.1, -0.05) is 80.4 Å². The number of hydrogen-bond donors (Lipinski definition) is 0. The van der Waals surface area contributed by atoms with E-state index in [-0.39, 0.29) is 5.78 Å². The van der Waals surface area contributed by atoms with Gasteiger partial charge in [-0.25, -0.2) is 0 Å². The molecule has 0 heterocycles. The number of hydrogen-bond acceptors (Lipinski definition) is 2. The van der Waals surface area contributed by atoms with E-state index in [4.69, 9.17) is 0 Å². The zero-order chi connectivity index (χ0) is 19.6. The molecule has 144 valence electrons. The summed E-state index contributed by atoms with van der Waals surface area (Å²) in [4.78, 5) is 13.7. The molecule has 27 heavy (non-hydrogen) atoms. The van der Waals surface area contributed by atoms with Crippen LogP contribution in [0.15, 0.2) is 60.8 Å². The first-order valence-corrected chi connectivity index (χ1v) is 12.5. The summed E-state index contributed by atoms with van der Waals surface area (Å²) in [6, 6.07) is 11.8. The summed E-state index contributed by atoms with van der Waals surface area (Å²) >= 11 is 12.4. The Morgan fingerprint density at radius 1 is 0.963 bits per heavy atom. The van der Waals surface area contributed by atoms with Gasteiger partial charge in [0.15, 0.2) is 5.78 Å². The van der Waals surface area contributed by atoms with Gasteiger partial charge in [0.1, 0.15) is 0 Å². The van der Waals surface area contributed by atoms with E-state index in [9.17, 15) is 4.79 Å². The molecule has 5 heteroatoms. The van der Waals surface area contributed by atoms with Crippen molar-refractivity contribution in [3.8, 4) is 0 Å². The zero-order valence-electron chi connectivity index (χ0n) is 15.3. The number of unbranched alkanes of at least 4 members (excludes halogenated alkanes) is 4. The van der Waals surface area contributed by atoms with E-state index in [0.29, 0.717) is 5.56 Å². The largest absolute Gasteiger partial charge is 0.289 e. The third-order valence-electron chi connectivity index (χ3n) is 4.10. The molecule has 1 nitrogen and oxygen atoms in total. The minimum atomic E-state index is 0.00725. The molecule has 0 bridgehead atoms. The number of benzene rings is 2. The molecule has 0 spiro atoms. The van der Waals surface area contributed by atoms with Crippen LogP contribution in [0.4, 0.5) is 0 Å². The van der Waals surface area contributed by atoms with Crippen LogP contribution < -0.4 is 0 Å². The van der Waals surface area contributed by atoms with Gasteiger partial charge in [0.2, 0.25) is 0 Å². The molecule has 0 saturated heterocycles. The molecule has 2 aromatic carbocycles. The molecule has 0 atom stereocenters. The predicted molar refractivity (Wildman–Crippen MR) is 129 cm³/mol. The second-order valence-corrected chi connectivity index (χ2v) is 10.1. The molecule has 0 aliphatic rings. The minimum Gasteiger partial charge on any atom is -0.289 e. The van der Waals surface area contributed by atoms with E-state index >= 15 is 0 Å². The lowest BCUT2D eigenvalue weighted by Gasteiger charge is -2.04. The van der Waals surface area contributed by atoms with Gasteiger partial charge in [0.05, 0.1) is 0 Å². The smallest absolute Gasteiger partial charge is 0.185 e. The Labute approximate surface area is 191 Å². The van der Waals surface area contributed by atoms with Crippen molar-refractivity contribution in [2.75, 3.05) is 5.75 Å². The number of ketones is 1. The van der Waals surface area contributed by atoms with Gasteiger partial charge in [-0.15, -0.1) is 11.8 Å². The van der Waals surface area contributed by atoms with Crippen molar-refractivity contribution in [1.29, 1.82) is 0 Å². The molecular weight excluding hydrogens is 552 g/mol. The van der Waals surface area contributed by atoms with Gasteiger partial charge >= 0.3 is 0 Å². The third-order valence-corrected chi connectivity index (χ3v) is 6.97. The van der Waals surface area contributed by atoms with Gasteiger partial charge in [-0.2, -0.15) is 0 Å². The van der Waals surface area contributed by atoms with Crippen LogP contribution in [-0.2, 0) is 0 Å². The third kappa shape index (κ3) is 7.88. The van der Waals surface area contributed by atoms with Crippen molar-refractivity contribution in [3.63, 3.8) is 0 Å². The molecule has 0 unspecified atom stereocenters. The molecule has 0 aliphatic heterocycles. The van der Waals surface area contributed by atoms with Crippen LogP contribution in [-0.4, -0.2) is 11.5 Å². The molecule has 0 N–H and O–H groups in total. The number of allylic oxidation sites excluding steroid dienone is 1. The number of rotatable bonds is 10. The van der Waals surface area contributed by atoms with Crippen molar-refractivity contribution in [1.82, 2.24) is 0 Å². The van der Waals surface area contributed by atoms with Crippen LogP contribution in [0.25, 0.3) is 6.08 Å². The monoisotopic (exact) mass is 572 g/mol. The van der Waals surface area contributed by atoms with Crippen molar-refractivity contribution in [3.05, 3.63) is 67.0 Å². The van der Waals surface area contributed by atoms with E-state index in [1.807, 2.05) is 54.2 Å². The first kappa shape index (κ1) is 22.9. The maximum Gasteiger partial charge on any atom is 0.185 e. The molecule has 0 radical (unpaired) electrons. The lowest BCUT2D eigenvalue weighted by Crippen LogP contribution is -1.94. The highest BCUT2D eigenvalue weighted by Gasteiger charge is 2.06. The Bertz CT molecular complexity index is 762. The summed E-state index contributed by atoms with van der Waals surface area (Å²) in [5.74, 6) is 1.15. The second kappa shape index (κ2) is 12.3. The van der Waals surface area contributed by atoms with Crippen LogP contribution in [0.3, 0.4) is 0 Å². The Hall–Kier alpha value is -0.360. The fourth-order valence-electron chi connectivity index (χ4n) is 2.58.